The lowest BCUT2D eigenvalue weighted by Gasteiger charge is -2.06. The monoisotopic (exact) mass is 294 g/mol. The maximum absolute atomic E-state index is 11.8. The third-order valence-electron chi connectivity index (χ3n) is 2.50. The van der Waals surface area contributed by atoms with Gasteiger partial charge in [0.15, 0.2) is 0 Å². The maximum atomic E-state index is 11.8. The van der Waals surface area contributed by atoms with Crippen LogP contribution in [-0.2, 0) is 11.3 Å². The summed E-state index contributed by atoms with van der Waals surface area (Å²) < 4.78 is 1.45. The fourth-order valence-corrected chi connectivity index (χ4v) is 1.82. The number of nitrogens with zero attached hydrogens (tertiary/aromatic N) is 3. The summed E-state index contributed by atoms with van der Waals surface area (Å²) >= 11 is 5.70. The van der Waals surface area contributed by atoms with Gasteiger partial charge in [0.1, 0.15) is 12.2 Å². The molecule has 0 aliphatic rings. The predicted molar refractivity (Wildman–Crippen MR) is 73.7 cm³/mol. The van der Waals surface area contributed by atoms with E-state index < -0.39 is 10.8 Å². The Morgan fingerprint density at radius 2 is 2.30 bits per heavy atom. The molecule has 0 saturated heterocycles. The smallest absolute Gasteiger partial charge is 0.294 e. The Morgan fingerprint density at radius 3 is 2.90 bits per heavy atom. The van der Waals surface area contributed by atoms with E-state index in [9.17, 15) is 14.9 Å². The molecule has 0 aliphatic heterocycles. The molecule has 7 nitrogen and oxygen atoms in total. The highest BCUT2D eigenvalue weighted by Crippen LogP contribution is 2.27. The minimum absolute atomic E-state index is 0.0202. The summed E-state index contributed by atoms with van der Waals surface area (Å²) in [5, 5.41) is 17.6. The van der Waals surface area contributed by atoms with Crippen molar-refractivity contribution in [1.29, 1.82) is 0 Å². The summed E-state index contributed by atoms with van der Waals surface area (Å²) in [6.07, 6.45) is 3.33. The molecule has 1 amide bonds. The normalized spacial score (nSPS) is 10.3. The summed E-state index contributed by atoms with van der Waals surface area (Å²) in [5.74, 6) is -0.404. The zero-order chi connectivity index (χ0) is 14.7. The van der Waals surface area contributed by atoms with E-state index in [1.54, 1.807) is 12.4 Å². The predicted octanol–water partition coefficient (Wildman–Crippen LogP) is 2.39. The Morgan fingerprint density at radius 1 is 1.55 bits per heavy atom. The molecule has 1 N–H and O–H groups in total. The average Bonchev–Trinajstić information content (AvgIpc) is 2.76. The molecule has 1 aromatic carbocycles. The van der Waals surface area contributed by atoms with E-state index in [4.69, 9.17) is 11.6 Å². The van der Waals surface area contributed by atoms with Gasteiger partial charge in [-0.3, -0.25) is 19.6 Å². The van der Waals surface area contributed by atoms with Crippen LogP contribution in [0.15, 0.2) is 30.6 Å². The van der Waals surface area contributed by atoms with Crippen LogP contribution in [0.5, 0.6) is 0 Å². The van der Waals surface area contributed by atoms with E-state index >= 15 is 0 Å². The number of anilines is 1. The van der Waals surface area contributed by atoms with Gasteiger partial charge in [-0.25, -0.2) is 0 Å². The quantitative estimate of drug-likeness (QED) is 0.692. The van der Waals surface area contributed by atoms with Crippen molar-refractivity contribution >= 4 is 28.9 Å². The SMILES string of the molecule is Cc1cnn(CC(=O)Nc2ccc(Cl)cc2[N+](=O)[O-])c1. The topological polar surface area (TPSA) is 90.1 Å². The Kier molecular flexibility index (Phi) is 3.99. The molecular weight excluding hydrogens is 284 g/mol. The summed E-state index contributed by atoms with van der Waals surface area (Å²) in [6, 6.07) is 4.06. The van der Waals surface area contributed by atoms with Crippen LogP contribution in [0.2, 0.25) is 5.02 Å². The summed E-state index contributed by atoms with van der Waals surface area (Å²) in [5.41, 5.74) is 0.783. The molecular formula is C12H11ClN4O3. The standard InChI is InChI=1S/C12H11ClN4O3/c1-8-5-14-16(6-8)7-12(18)15-10-3-2-9(13)4-11(10)17(19)20/h2-6H,7H2,1H3,(H,15,18). The zero-order valence-corrected chi connectivity index (χ0v) is 11.3. The molecule has 0 atom stereocenters. The van der Waals surface area contributed by atoms with Gasteiger partial charge in [0.05, 0.1) is 11.1 Å². The minimum atomic E-state index is -0.598. The van der Waals surface area contributed by atoms with Crippen molar-refractivity contribution in [3.8, 4) is 0 Å². The highest BCUT2D eigenvalue weighted by atomic mass is 35.5. The number of halogens is 1. The van der Waals surface area contributed by atoms with Gasteiger partial charge in [-0.15, -0.1) is 0 Å². The van der Waals surface area contributed by atoms with Crippen molar-refractivity contribution in [3.05, 3.63) is 51.3 Å². The number of aromatic nitrogens is 2. The second kappa shape index (κ2) is 5.70. The van der Waals surface area contributed by atoms with Crippen molar-refractivity contribution in [1.82, 2.24) is 9.78 Å². The third kappa shape index (κ3) is 3.33. The lowest BCUT2D eigenvalue weighted by molar-refractivity contribution is -0.383. The second-order valence-electron chi connectivity index (χ2n) is 4.18. The summed E-state index contributed by atoms with van der Waals surface area (Å²) in [4.78, 5) is 22.1. The summed E-state index contributed by atoms with van der Waals surface area (Å²) in [6.45, 7) is 1.83. The highest BCUT2D eigenvalue weighted by Gasteiger charge is 2.16. The first-order valence-corrected chi connectivity index (χ1v) is 6.06. The number of carbonyl (C=O) groups is 1. The molecule has 0 aliphatic carbocycles. The number of hydrogen-bond donors (Lipinski definition) is 1. The van der Waals surface area contributed by atoms with Gasteiger partial charge < -0.3 is 5.32 Å². The van der Waals surface area contributed by atoms with E-state index in [1.165, 1.54) is 22.9 Å². The van der Waals surface area contributed by atoms with Crippen LogP contribution in [-0.4, -0.2) is 20.6 Å². The Hall–Kier alpha value is -2.41. The Bertz CT molecular complexity index is 668. The molecule has 2 rings (SSSR count). The number of nitrogens with one attached hydrogen (secondary N) is 1. The fraction of sp³-hybridized carbons (Fsp3) is 0.167. The molecule has 8 heteroatoms. The van der Waals surface area contributed by atoms with Crippen molar-refractivity contribution in [2.75, 3.05) is 5.32 Å². The van der Waals surface area contributed by atoms with Gasteiger partial charge in [0.25, 0.3) is 5.69 Å². The largest absolute Gasteiger partial charge is 0.319 e. The fourth-order valence-electron chi connectivity index (χ4n) is 1.65. The second-order valence-corrected chi connectivity index (χ2v) is 4.62. The van der Waals surface area contributed by atoms with Crippen LogP contribution in [0, 0.1) is 17.0 Å². The number of benzene rings is 1. The first-order chi connectivity index (χ1) is 9.45. The third-order valence-corrected chi connectivity index (χ3v) is 2.73. The summed E-state index contributed by atoms with van der Waals surface area (Å²) in [7, 11) is 0. The Balaban J connectivity index is 2.13. The number of rotatable bonds is 4. The number of nitro benzene ring substituents is 1. The molecule has 20 heavy (non-hydrogen) atoms. The first-order valence-electron chi connectivity index (χ1n) is 5.68. The van der Waals surface area contributed by atoms with Gasteiger partial charge in [-0.1, -0.05) is 11.6 Å². The van der Waals surface area contributed by atoms with Gasteiger partial charge in [-0.2, -0.15) is 5.10 Å². The van der Waals surface area contributed by atoms with Gasteiger partial charge in [-0.05, 0) is 24.6 Å². The van der Waals surface area contributed by atoms with Crippen LogP contribution in [0.1, 0.15) is 5.56 Å². The average molecular weight is 295 g/mol. The van der Waals surface area contributed by atoms with Crippen LogP contribution in [0.4, 0.5) is 11.4 Å². The van der Waals surface area contributed by atoms with E-state index in [0.29, 0.717) is 0 Å². The van der Waals surface area contributed by atoms with Crippen LogP contribution in [0.25, 0.3) is 0 Å². The molecule has 0 fully saturated rings. The number of aryl methyl sites for hydroxylation is 1. The molecule has 0 unspecified atom stereocenters. The molecule has 0 saturated carbocycles. The lowest BCUT2D eigenvalue weighted by Crippen LogP contribution is -2.19. The molecule has 2 aromatic rings. The number of hydrogen-bond acceptors (Lipinski definition) is 4. The lowest BCUT2D eigenvalue weighted by atomic mass is 10.2. The van der Waals surface area contributed by atoms with Crippen molar-refractivity contribution in [2.45, 2.75) is 13.5 Å². The van der Waals surface area contributed by atoms with E-state index in [2.05, 4.69) is 10.4 Å². The highest BCUT2D eigenvalue weighted by molar-refractivity contribution is 6.31. The van der Waals surface area contributed by atoms with E-state index in [1.807, 2.05) is 6.92 Å². The van der Waals surface area contributed by atoms with Crippen LogP contribution < -0.4 is 5.32 Å². The van der Waals surface area contributed by atoms with Crippen molar-refractivity contribution < 1.29 is 9.72 Å². The Labute approximate surface area is 119 Å². The van der Waals surface area contributed by atoms with Gasteiger partial charge in [0.2, 0.25) is 5.91 Å². The first kappa shape index (κ1) is 14.0. The minimum Gasteiger partial charge on any atom is -0.319 e. The van der Waals surface area contributed by atoms with Gasteiger partial charge in [0, 0.05) is 17.3 Å². The van der Waals surface area contributed by atoms with Gasteiger partial charge >= 0.3 is 0 Å². The number of carbonyl (C=O) groups excluding carboxylic acids is 1. The molecule has 0 bridgehead atoms. The van der Waals surface area contributed by atoms with E-state index in [0.717, 1.165) is 5.56 Å². The van der Waals surface area contributed by atoms with Crippen molar-refractivity contribution in [3.63, 3.8) is 0 Å². The van der Waals surface area contributed by atoms with Crippen LogP contribution in [0.3, 0.4) is 0 Å². The molecule has 1 heterocycles. The molecule has 104 valence electrons. The zero-order valence-electron chi connectivity index (χ0n) is 10.5. The molecule has 0 radical (unpaired) electrons. The number of nitro groups is 1. The maximum Gasteiger partial charge on any atom is 0.294 e. The molecule has 1 aromatic heterocycles. The number of amides is 1. The van der Waals surface area contributed by atoms with Crippen molar-refractivity contribution in [2.24, 2.45) is 0 Å². The van der Waals surface area contributed by atoms with E-state index in [-0.39, 0.29) is 22.9 Å². The van der Waals surface area contributed by atoms with Crippen LogP contribution >= 0.6 is 11.6 Å². The molecule has 0 spiro atoms.